The Balaban J connectivity index is 1.58. The van der Waals surface area contributed by atoms with E-state index in [4.69, 9.17) is 4.74 Å². The van der Waals surface area contributed by atoms with Crippen molar-refractivity contribution >= 4 is 28.4 Å². The van der Waals surface area contributed by atoms with Crippen molar-refractivity contribution in [2.24, 2.45) is 0 Å². The van der Waals surface area contributed by atoms with Crippen LogP contribution in [-0.4, -0.2) is 40.3 Å². The lowest BCUT2D eigenvalue weighted by Gasteiger charge is -2.25. The van der Waals surface area contributed by atoms with Gasteiger partial charge in [-0.05, 0) is 60.0 Å². The van der Waals surface area contributed by atoms with Gasteiger partial charge < -0.3 is 19.7 Å². The highest BCUT2D eigenvalue weighted by molar-refractivity contribution is 6.46. The number of rotatable bonds is 6. The molecule has 1 aliphatic heterocycles. The smallest absolute Gasteiger partial charge is 0.295 e. The van der Waals surface area contributed by atoms with Gasteiger partial charge in [0.2, 0.25) is 0 Å². The predicted molar refractivity (Wildman–Crippen MR) is 130 cm³/mol. The van der Waals surface area contributed by atoms with Crippen molar-refractivity contribution in [2.45, 2.75) is 12.5 Å². The van der Waals surface area contributed by atoms with Crippen molar-refractivity contribution in [3.8, 4) is 5.75 Å². The molecule has 2 heterocycles. The lowest BCUT2D eigenvalue weighted by molar-refractivity contribution is -0.139. The highest BCUT2D eigenvalue weighted by atomic mass is 19.1. The van der Waals surface area contributed by atoms with Crippen LogP contribution >= 0.6 is 0 Å². The van der Waals surface area contributed by atoms with Gasteiger partial charge in [0.25, 0.3) is 11.7 Å². The molecule has 1 aromatic heterocycles. The van der Waals surface area contributed by atoms with Crippen molar-refractivity contribution in [1.82, 2.24) is 9.88 Å². The molecule has 1 saturated heterocycles. The number of fused-ring (bicyclic) bond motifs is 1. The van der Waals surface area contributed by atoms with Crippen LogP contribution in [0, 0.1) is 5.82 Å². The first kappa shape index (κ1) is 22.4. The number of ketones is 1. The summed E-state index contributed by atoms with van der Waals surface area (Å²) in [7, 11) is 1.53. The van der Waals surface area contributed by atoms with E-state index >= 15 is 0 Å². The molecule has 3 aromatic carbocycles. The minimum atomic E-state index is -0.819. The summed E-state index contributed by atoms with van der Waals surface area (Å²) in [5, 5.41) is 12.1. The Labute approximate surface area is 201 Å². The van der Waals surface area contributed by atoms with E-state index in [2.05, 4.69) is 4.98 Å². The number of amides is 1. The number of nitrogens with one attached hydrogen (secondary N) is 1. The zero-order valence-electron chi connectivity index (χ0n) is 19.0. The van der Waals surface area contributed by atoms with E-state index in [1.54, 1.807) is 24.3 Å². The van der Waals surface area contributed by atoms with Crippen LogP contribution in [0.15, 0.2) is 84.6 Å². The summed E-state index contributed by atoms with van der Waals surface area (Å²) < 4.78 is 18.8. The van der Waals surface area contributed by atoms with Crippen LogP contribution < -0.4 is 4.74 Å². The van der Waals surface area contributed by atoms with E-state index in [0.717, 1.165) is 16.5 Å². The van der Waals surface area contributed by atoms with Crippen LogP contribution in [0.1, 0.15) is 22.7 Å². The lowest BCUT2D eigenvalue weighted by atomic mass is 9.95. The molecule has 7 heteroatoms. The van der Waals surface area contributed by atoms with Crippen LogP contribution in [-0.2, 0) is 16.0 Å². The normalized spacial score (nSPS) is 17.3. The van der Waals surface area contributed by atoms with E-state index in [0.29, 0.717) is 17.7 Å². The van der Waals surface area contributed by atoms with Gasteiger partial charge in [-0.15, -0.1) is 0 Å². The monoisotopic (exact) mass is 470 g/mol. The van der Waals surface area contributed by atoms with Gasteiger partial charge in [0.15, 0.2) is 0 Å². The van der Waals surface area contributed by atoms with E-state index in [9.17, 15) is 19.1 Å². The highest BCUT2D eigenvalue weighted by Crippen LogP contribution is 2.40. The van der Waals surface area contributed by atoms with Gasteiger partial charge in [0.1, 0.15) is 17.3 Å². The molecule has 1 fully saturated rings. The number of aliphatic hydroxyl groups is 1. The van der Waals surface area contributed by atoms with E-state index < -0.39 is 23.5 Å². The number of likely N-dealkylation sites (tertiary alicyclic amines) is 1. The molecule has 176 valence electrons. The third-order valence-electron chi connectivity index (χ3n) is 6.36. The number of para-hydroxylation sites is 1. The number of hydrogen-bond donors (Lipinski definition) is 2. The Hall–Kier alpha value is -4.39. The summed E-state index contributed by atoms with van der Waals surface area (Å²) in [5.74, 6) is -1.72. The third-order valence-corrected chi connectivity index (χ3v) is 6.36. The summed E-state index contributed by atoms with van der Waals surface area (Å²) in [6.45, 7) is 0.258. The average molecular weight is 471 g/mol. The van der Waals surface area contributed by atoms with Crippen LogP contribution in [0.25, 0.3) is 16.7 Å². The number of carbonyl (C=O) groups excluding carboxylic acids is 2. The van der Waals surface area contributed by atoms with Crippen LogP contribution in [0.2, 0.25) is 0 Å². The maximum atomic E-state index is 13.5. The first-order valence-electron chi connectivity index (χ1n) is 11.2. The summed E-state index contributed by atoms with van der Waals surface area (Å²) in [5.41, 5.74) is 2.87. The summed E-state index contributed by atoms with van der Waals surface area (Å²) >= 11 is 0. The quantitative estimate of drug-likeness (QED) is 0.237. The average Bonchev–Trinajstić information content (AvgIpc) is 3.41. The Kier molecular flexibility index (Phi) is 5.82. The lowest BCUT2D eigenvalue weighted by Crippen LogP contribution is -2.31. The number of Topliss-reactive ketones (excluding diaryl/α,β-unsaturated/α-hetero) is 1. The van der Waals surface area contributed by atoms with Gasteiger partial charge in [0.05, 0.1) is 18.7 Å². The predicted octanol–water partition coefficient (Wildman–Crippen LogP) is 4.98. The molecule has 2 N–H and O–H groups in total. The Morgan fingerprint density at radius 1 is 1.06 bits per heavy atom. The van der Waals surface area contributed by atoms with Crippen molar-refractivity contribution in [1.29, 1.82) is 0 Å². The summed E-state index contributed by atoms with van der Waals surface area (Å²) in [6.07, 6.45) is 2.41. The zero-order valence-corrected chi connectivity index (χ0v) is 19.0. The number of aromatic nitrogens is 1. The molecular formula is C28H23FN2O4. The summed E-state index contributed by atoms with van der Waals surface area (Å²) in [6, 6.07) is 19.3. The van der Waals surface area contributed by atoms with Gasteiger partial charge in [-0.1, -0.05) is 30.3 Å². The van der Waals surface area contributed by atoms with Crippen LogP contribution in [0.3, 0.4) is 0 Å². The van der Waals surface area contributed by atoms with Gasteiger partial charge >= 0.3 is 0 Å². The maximum absolute atomic E-state index is 13.5. The topological polar surface area (TPSA) is 82.6 Å². The Bertz CT molecular complexity index is 1460. The molecule has 6 nitrogen and oxygen atoms in total. The van der Waals surface area contributed by atoms with Crippen molar-refractivity contribution in [3.63, 3.8) is 0 Å². The Morgan fingerprint density at radius 2 is 1.83 bits per heavy atom. The molecule has 5 rings (SSSR count). The number of methoxy groups -OCH3 is 1. The second kappa shape index (κ2) is 9.10. The number of benzene rings is 3. The Morgan fingerprint density at radius 3 is 2.60 bits per heavy atom. The van der Waals surface area contributed by atoms with Gasteiger partial charge in [-0.3, -0.25) is 9.59 Å². The largest absolute Gasteiger partial charge is 0.507 e. The zero-order chi connectivity index (χ0) is 24.5. The van der Waals surface area contributed by atoms with Gasteiger partial charge in [-0.25, -0.2) is 4.39 Å². The molecule has 4 aromatic rings. The minimum Gasteiger partial charge on any atom is -0.507 e. The molecule has 0 unspecified atom stereocenters. The van der Waals surface area contributed by atoms with Crippen LogP contribution in [0.5, 0.6) is 5.75 Å². The number of carbonyl (C=O) groups is 2. The molecule has 1 amide bonds. The molecule has 0 bridgehead atoms. The first-order chi connectivity index (χ1) is 17.0. The second-order valence-corrected chi connectivity index (χ2v) is 8.39. The van der Waals surface area contributed by atoms with E-state index in [1.807, 2.05) is 30.5 Å². The SMILES string of the molecule is COc1cccc([C@H]2C(=C(O)c3ccc(F)cc3)C(=O)C(=O)N2CCc2c[nH]c3ccccc23)c1. The molecule has 0 spiro atoms. The summed E-state index contributed by atoms with van der Waals surface area (Å²) in [4.78, 5) is 31.1. The number of halogens is 1. The highest BCUT2D eigenvalue weighted by Gasteiger charge is 2.46. The molecule has 0 saturated carbocycles. The fraction of sp³-hybridized carbons (Fsp3) is 0.143. The fourth-order valence-electron chi connectivity index (χ4n) is 4.61. The fourth-order valence-corrected chi connectivity index (χ4v) is 4.61. The van der Waals surface area contributed by atoms with E-state index in [1.165, 1.54) is 36.3 Å². The number of aromatic amines is 1. The van der Waals surface area contributed by atoms with Gasteiger partial charge in [0, 0.05) is 29.2 Å². The number of H-pyrrole nitrogens is 1. The van der Waals surface area contributed by atoms with Crippen molar-refractivity contribution in [2.75, 3.05) is 13.7 Å². The number of aliphatic hydroxyl groups excluding tert-OH is 1. The minimum absolute atomic E-state index is 0.0335. The third kappa shape index (κ3) is 4.05. The second-order valence-electron chi connectivity index (χ2n) is 8.39. The molecule has 1 aliphatic rings. The van der Waals surface area contributed by atoms with Crippen molar-refractivity contribution < 1.29 is 23.8 Å². The number of nitrogens with zero attached hydrogens (tertiary/aromatic N) is 1. The first-order valence-corrected chi connectivity index (χ1v) is 11.2. The molecule has 0 aliphatic carbocycles. The molecule has 1 atom stereocenters. The van der Waals surface area contributed by atoms with Crippen LogP contribution in [0.4, 0.5) is 4.39 Å². The standard InChI is InChI=1S/C28H23FN2O4/c1-35-21-6-4-5-18(15-21)25-24(26(32)17-9-11-20(29)12-10-17)27(33)28(34)31(25)14-13-19-16-30-23-8-3-2-7-22(19)23/h2-12,15-16,25,30,32H,13-14H2,1H3/t25-/m0/s1. The van der Waals surface area contributed by atoms with E-state index in [-0.39, 0.29) is 23.4 Å². The molecular weight excluding hydrogens is 447 g/mol. The van der Waals surface area contributed by atoms with Gasteiger partial charge in [-0.2, -0.15) is 0 Å². The van der Waals surface area contributed by atoms with Crippen molar-refractivity contribution in [3.05, 3.63) is 107 Å². The number of ether oxygens (including phenoxy) is 1. The maximum Gasteiger partial charge on any atom is 0.295 e. The molecule has 0 radical (unpaired) electrons. The number of hydrogen-bond acceptors (Lipinski definition) is 4. The molecule has 35 heavy (non-hydrogen) atoms.